The van der Waals surface area contributed by atoms with Crippen molar-refractivity contribution < 1.29 is 64.6 Å². The maximum Gasteiger partial charge on any atom is 0.220 e. The van der Waals surface area contributed by atoms with Crippen LogP contribution in [0.5, 0.6) is 0 Å². The number of ether oxygens (including phenoxy) is 4. The van der Waals surface area contributed by atoms with Crippen LogP contribution in [0.1, 0.15) is 194 Å². The molecule has 0 bridgehead atoms. The molecule has 12 atom stereocenters. The van der Waals surface area contributed by atoms with E-state index in [0.29, 0.717) is 12.8 Å². The molecule has 0 aromatic heterocycles. The Kier molecular flexibility index (Phi) is 31.6. The topological polar surface area (TPSA) is 228 Å². The lowest BCUT2D eigenvalue weighted by atomic mass is 9.97. The Morgan fingerprint density at radius 3 is 1.42 bits per heavy atom. The summed E-state index contributed by atoms with van der Waals surface area (Å²) >= 11 is 0. The number of aliphatic hydroxyl groups is 8. The van der Waals surface area contributed by atoms with Gasteiger partial charge in [0.25, 0.3) is 0 Å². The Bertz CT molecular complexity index is 1020. The lowest BCUT2D eigenvalue weighted by Gasteiger charge is -2.46. The van der Waals surface area contributed by atoms with Gasteiger partial charge in [0.2, 0.25) is 5.91 Å². The van der Waals surface area contributed by atoms with Gasteiger partial charge in [0.15, 0.2) is 12.6 Å². The molecule has 2 rings (SSSR count). The van der Waals surface area contributed by atoms with Crippen molar-refractivity contribution in [2.24, 2.45) is 0 Å². The lowest BCUT2D eigenvalue weighted by Crippen LogP contribution is -2.65. The molecule has 2 fully saturated rings. The van der Waals surface area contributed by atoms with Crippen LogP contribution in [0, 0.1) is 0 Å². The van der Waals surface area contributed by atoms with Gasteiger partial charge in [-0.3, -0.25) is 4.79 Å². The Morgan fingerprint density at radius 1 is 0.533 bits per heavy atom. The van der Waals surface area contributed by atoms with Gasteiger partial charge in [-0.2, -0.15) is 0 Å². The molecule has 0 aliphatic carbocycles. The van der Waals surface area contributed by atoms with E-state index in [1.54, 1.807) is 0 Å². The van der Waals surface area contributed by atoms with Crippen molar-refractivity contribution in [1.29, 1.82) is 0 Å². The maximum absolute atomic E-state index is 13.1. The summed E-state index contributed by atoms with van der Waals surface area (Å²) in [6.07, 6.45) is 15.3. The Hall–Kier alpha value is -1.01. The first-order chi connectivity index (χ1) is 29.1. The molecule has 0 aromatic carbocycles. The normalized spacial score (nSPS) is 28.2. The van der Waals surface area contributed by atoms with Crippen LogP contribution >= 0.6 is 0 Å². The molecule has 14 heteroatoms. The SMILES string of the molecule is CCCCCCCCCCCCCCCCC(=O)N[C@@H](CO[C@@H]1O[C@H](CO)[C@@H](O[C@@H]2O[C@H](CO)[C@H](O)C(O)C2O)C(O)C1O)[C@H](O)CCCCCCCCCCCCCC. The van der Waals surface area contributed by atoms with Crippen molar-refractivity contribution in [2.45, 2.75) is 267 Å². The van der Waals surface area contributed by atoms with E-state index in [1.165, 1.54) is 116 Å². The number of unbranched alkanes of at least 4 members (excludes halogenated alkanes) is 24. The first-order valence-corrected chi connectivity index (χ1v) is 24.3. The third-order valence-corrected chi connectivity index (χ3v) is 12.3. The van der Waals surface area contributed by atoms with Gasteiger partial charge in [0.1, 0.15) is 48.8 Å². The Balaban J connectivity index is 1.86. The first-order valence-electron chi connectivity index (χ1n) is 24.3. The maximum atomic E-state index is 13.1. The highest BCUT2D eigenvalue weighted by atomic mass is 16.7. The average Bonchev–Trinajstić information content (AvgIpc) is 3.24. The van der Waals surface area contributed by atoms with E-state index >= 15 is 0 Å². The van der Waals surface area contributed by atoms with Crippen molar-refractivity contribution >= 4 is 5.91 Å². The number of hydrogen-bond donors (Lipinski definition) is 9. The van der Waals surface area contributed by atoms with Crippen molar-refractivity contribution in [3.05, 3.63) is 0 Å². The summed E-state index contributed by atoms with van der Waals surface area (Å²) in [6, 6.07) is -0.819. The zero-order valence-corrected chi connectivity index (χ0v) is 37.5. The number of rotatable bonds is 37. The van der Waals surface area contributed by atoms with E-state index < -0.39 is 86.8 Å². The van der Waals surface area contributed by atoms with Crippen molar-refractivity contribution in [2.75, 3.05) is 19.8 Å². The first kappa shape index (κ1) is 55.1. The molecule has 0 saturated carbocycles. The number of amides is 1. The van der Waals surface area contributed by atoms with Gasteiger partial charge < -0.3 is 65.1 Å². The van der Waals surface area contributed by atoms with E-state index in [0.717, 1.165) is 51.4 Å². The van der Waals surface area contributed by atoms with Gasteiger partial charge in [-0.15, -0.1) is 0 Å². The fraction of sp³-hybridized carbons (Fsp3) is 0.978. The van der Waals surface area contributed by atoms with Crippen LogP contribution in [0.2, 0.25) is 0 Å². The fourth-order valence-electron chi connectivity index (χ4n) is 8.30. The van der Waals surface area contributed by atoms with Crippen molar-refractivity contribution in [1.82, 2.24) is 5.32 Å². The number of carbonyl (C=O) groups is 1. The third-order valence-electron chi connectivity index (χ3n) is 12.3. The minimum absolute atomic E-state index is 0.206. The Morgan fingerprint density at radius 2 is 0.950 bits per heavy atom. The molecule has 356 valence electrons. The smallest absolute Gasteiger partial charge is 0.220 e. The van der Waals surface area contributed by atoms with Crippen LogP contribution in [-0.4, -0.2) is 140 Å². The lowest BCUT2D eigenvalue weighted by molar-refractivity contribution is -0.359. The largest absolute Gasteiger partial charge is 0.394 e. The predicted molar refractivity (Wildman–Crippen MR) is 231 cm³/mol. The van der Waals surface area contributed by atoms with Crippen LogP contribution in [0.3, 0.4) is 0 Å². The average molecular weight is 864 g/mol. The van der Waals surface area contributed by atoms with E-state index in [4.69, 9.17) is 18.9 Å². The van der Waals surface area contributed by atoms with Gasteiger partial charge in [-0.05, 0) is 12.8 Å². The second kappa shape index (κ2) is 34.4. The van der Waals surface area contributed by atoms with Gasteiger partial charge in [-0.1, -0.05) is 174 Å². The number of carbonyl (C=O) groups excluding carboxylic acids is 1. The summed E-state index contributed by atoms with van der Waals surface area (Å²) in [7, 11) is 0. The summed E-state index contributed by atoms with van der Waals surface area (Å²) < 4.78 is 22.7. The van der Waals surface area contributed by atoms with Gasteiger partial charge in [0, 0.05) is 6.42 Å². The molecule has 9 N–H and O–H groups in total. The number of aliphatic hydroxyl groups excluding tert-OH is 8. The van der Waals surface area contributed by atoms with Crippen molar-refractivity contribution in [3.8, 4) is 0 Å². The van der Waals surface area contributed by atoms with Crippen LogP contribution < -0.4 is 5.32 Å². The molecule has 2 saturated heterocycles. The van der Waals surface area contributed by atoms with E-state index in [9.17, 15) is 45.6 Å². The molecule has 0 spiro atoms. The molecule has 0 radical (unpaired) electrons. The minimum Gasteiger partial charge on any atom is -0.394 e. The second-order valence-corrected chi connectivity index (χ2v) is 17.6. The Labute approximate surface area is 362 Å². The number of nitrogens with one attached hydrogen (secondary N) is 1. The molecule has 0 aromatic rings. The summed E-state index contributed by atoms with van der Waals surface area (Å²) in [5, 5.41) is 86.7. The molecular formula is C46H89NO13. The van der Waals surface area contributed by atoms with Gasteiger partial charge in [-0.25, -0.2) is 0 Å². The van der Waals surface area contributed by atoms with Gasteiger partial charge in [0.05, 0.1) is 32.0 Å². The fourth-order valence-corrected chi connectivity index (χ4v) is 8.30. The monoisotopic (exact) mass is 864 g/mol. The van der Waals surface area contributed by atoms with E-state index in [1.807, 2.05) is 0 Å². The van der Waals surface area contributed by atoms with Crippen LogP contribution in [-0.2, 0) is 23.7 Å². The number of hydrogen-bond acceptors (Lipinski definition) is 13. The van der Waals surface area contributed by atoms with E-state index in [-0.39, 0.29) is 12.5 Å². The van der Waals surface area contributed by atoms with Gasteiger partial charge >= 0.3 is 0 Å². The zero-order chi connectivity index (χ0) is 44.0. The summed E-state index contributed by atoms with van der Waals surface area (Å²) in [4.78, 5) is 13.1. The third kappa shape index (κ3) is 22.1. The van der Waals surface area contributed by atoms with Crippen LogP contribution in [0.15, 0.2) is 0 Å². The molecule has 2 heterocycles. The minimum atomic E-state index is -1.78. The molecule has 2 aliphatic heterocycles. The molecule has 14 nitrogen and oxygen atoms in total. The molecule has 60 heavy (non-hydrogen) atoms. The molecular weight excluding hydrogens is 774 g/mol. The highest BCUT2D eigenvalue weighted by Crippen LogP contribution is 2.30. The summed E-state index contributed by atoms with van der Waals surface area (Å²) in [5.41, 5.74) is 0. The van der Waals surface area contributed by atoms with Crippen LogP contribution in [0.25, 0.3) is 0 Å². The zero-order valence-electron chi connectivity index (χ0n) is 37.5. The quantitative estimate of drug-likeness (QED) is 0.0356. The highest BCUT2D eigenvalue weighted by molar-refractivity contribution is 5.76. The summed E-state index contributed by atoms with van der Waals surface area (Å²) in [6.45, 7) is 2.84. The molecule has 4 unspecified atom stereocenters. The second-order valence-electron chi connectivity index (χ2n) is 17.6. The van der Waals surface area contributed by atoms with Crippen LogP contribution in [0.4, 0.5) is 0 Å². The van der Waals surface area contributed by atoms with E-state index in [2.05, 4.69) is 19.2 Å². The standard InChI is InChI=1S/C46H89NO13/c1-3-5-7-9-11-13-15-17-18-20-22-24-26-28-30-38(51)47-34(35(50)29-27-25-23-21-19-16-14-12-10-8-6-4-2)33-57-45-43(56)41(54)44(37(32-49)59-45)60-46-42(55)40(53)39(52)36(31-48)58-46/h34-37,39-46,48-50,52-56H,3-33H2,1-2H3,(H,47,51)/t34-,35+,36+,37+,39-,40?,41?,42?,43?,44+,45+,46-/m0/s1. The molecule has 1 amide bonds. The van der Waals surface area contributed by atoms with Crippen molar-refractivity contribution in [3.63, 3.8) is 0 Å². The molecule has 2 aliphatic rings. The highest BCUT2D eigenvalue weighted by Gasteiger charge is 2.51. The summed E-state index contributed by atoms with van der Waals surface area (Å²) in [5.74, 6) is -0.206. The predicted octanol–water partition coefficient (Wildman–Crippen LogP) is 5.44.